The van der Waals surface area contributed by atoms with Crippen LogP contribution in [0.5, 0.6) is 0 Å². The molecular weight excluding hydrogens is 170 g/mol. The van der Waals surface area contributed by atoms with E-state index in [0.717, 1.165) is 11.3 Å². The Bertz CT molecular complexity index is 243. The Hall–Kier alpha value is -0.670. The molecule has 0 radical (unpaired) electrons. The van der Waals surface area contributed by atoms with Gasteiger partial charge >= 0.3 is 0 Å². The third kappa shape index (κ3) is 2.16. The molecule has 12 heavy (non-hydrogen) atoms. The maximum atomic E-state index is 11.6. The summed E-state index contributed by atoms with van der Waals surface area (Å²) in [5.74, 6) is 0.282. The molecule has 0 aliphatic heterocycles. The SMILES string of the molecule is CC(CCN)C(=O)c1cccs1. The lowest BCUT2D eigenvalue weighted by Crippen LogP contribution is -2.14. The van der Waals surface area contributed by atoms with Gasteiger partial charge in [0.2, 0.25) is 0 Å². The predicted octanol–water partition coefficient (Wildman–Crippen LogP) is 1.92. The molecule has 0 aliphatic carbocycles. The van der Waals surface area contributed by atoms with Gasteiger partial charge in [-0.15, -0.1) is 11.3 Å². The van der Waals surface area contributed by atoms with E-state index in [-0.39, 0.29) is 11.7 Å². The second-order valence-electron chi connectivity index (χ2n) is 2.82. The van der Waals surface area contributed by atoms with E-state index in [1.54, 1.807) is 0 Å². The van der Waals surface area contributed by atoms with Crippen LogP contribution in [0.3, 0.4) is 0 Å². The van der Waals surface area contributed by atoms with Crippen molar-refractivity contribution in [3.8, 4) is 0 Å². The number of ketones is 1. The molecule has 1 atom stereocenters. The number of hydrogen-bond acceptors (Lipinski definition) is 3. The maximum absolute atomic E-state index is 11.6. The fourth-order valence-corrected chi connectivity index (χ4v) is 1.82. The predicted molar refractivity (Wildman–Crippen MR) is 51.5 cm³/mol. The van der Waals surface area contributed by atoms with Crippen molar-refractivity contribution in [1.29, 1.82) is 0 Å². The summed E-state index contributed by atoms with van der Waals surface area (Å²) in [4.78, 5) is 12.4. The smallest absolute Gasteiger partial charge is 0.175 e. The van der Waals surface area contributed by atoms with E-state index in [0.29, 0.717) is 6.54 Å². The molecule has 0 aromatic carbocycles. The molecule has 0 bridgehead atoms. The van der Waals surface area contributed by atoms with Crippen LogP contribution < -0.4 is 5.73 Å². The van der Waals surface area contributed by atoms with E-state index in [1.807, 2.05) is 24.4 Å². The molecule has 3 heteroatoms. The van der Waals surface area contributed by atoms with Crippen LogP contribution >= 0.6 is 11.3 Å². The van der Waals surface area contributed by atoms with E-state index >= 15 is 0 Å². The summed E-state index contributed by atoms with van der Waals surface area (Å²) < 4.78 is 0. The van der Waals surface area contributed by atoms with E-state index in [1.165, 1.54) is 11.3 Å². The lowest BCUT2D eigenvalue weighted by Gasteiger charge is -2.05. The molecule has 0 saturated carbocycles. The number of carbonyl (C=O) groups is 1. The molecule has 0 spiro atoms. The van der Waals surface area contributed by atoms with Crippen LogP contribution in [0.1, 0.15) is 23.0 Å². The first-order chi connectivity index (χ1) is 5.75. The van der Waals surface area contributed by atoms with Gasteiger partial charge in [-0.3, -0.25) is 4.79 Å². The summed E-state index contributed by atoms with van der Waals surface area (Å²) in [5, 5.41) is 1.92. The Balaban J connectivity index is 2.59. The summed E-state index contributed by atoms with van der Waals surface area (Å²) in [6.07, 6.45) is 0.775. The van der Waals surface area contributed by atoms with Gasteiger partial charge in [0.1, 0.15) is 0 Å². The van der Waals surface area contributed by atoms with Crippen LogP contribution in [0.4, 0.5) is 0 Å². The molecule has 66 valence electrons. The zero-order valence-corrected chi connectivity index (χ0v) is 7.93. The fourth-order valence-electron chi connectivity index (χ4n) is 1.04. The molecule has 1 rings (SSSR count). The summed E-state index contributed by atoms with van der Waals surface area (Å²) in [5.41, 5.74) is 5.37. The van der Waals surface area contributed by atoms with Crippen LogP contribution in [0.2, 0.25) is 0 Å². The second kappa shape index (κ2) is 4.38. The van der Waals surface area contributed by atoms with Gasteiger partial charge in [0.05, 0.1) is 4.88 Å². The molecule has 1 aromatic heterocycles. The first-order valence-electron chi connectivity index (χ1n) is 4.03. The van der Waals surface area contributed by atoms with Gasteiger partial charge < -0.3 is 5.73 Å². The minimum atomic E-state index is 0.0636. The van der Waals surface area contributed by atoms with Gasteiger partial charge in [0, 0.05) is 5.92 Å². The van der Waals surface area contributed by atoms with Crippen molar-refractivity contribution >= 4 is 17.1 Å². The molecule has 0 saturated heterocycles. The Morgan fingerprint density at radius 3 is 3.00 bits per heavy atom. The summed E-state index contributed by atoms with van der Waals surface area (Å²) in [7, 11) is 0. The highest BCUT2D eigenvalue weighted by Crippen LogP contribution is 2.15. The second-order valence-corrected chi connectivity index (χ2v) is 3.77. The molecule has 0 amide bonds. The van der Waals surface area contributed by atoms with E-state index < -0.39 is 0 Å². The number of rotatable bonds is 4. The molecule has 0 aliphatic rings. The standard InChI is InChI=1S/C9H13NOS/c1-7(4-5-10)9(11)8-3-2-6-12-8/h2-3,6-7H,4-5,10H2,1H3. The first-order valence-corrected chi connectivity index (χ1v) is 4.91. The lowest BCUT2D eigenvalue weighted by molar-refractivity contribution is 0.0929. The average Bonchev–Trinajstić information content (AvgIpc) is 2.55. The van der Waals surface area contributed by atoms with Crippen LogP contribution in [0.15, 0.2) is 17.5 Å². The van der Waals surface area contributed by atoms with Gasteiger partial charge in [-0.05, 0) is 24.4 Å². The topological polar surface area (TPSA) is 43.1 Å². The Labute approximate surface area is 76.4 Å². The van der Waals surface area contributed by atoms with Crippen molar-refractivity contribution in [3.63, 3.8) is 0 Å². The number of carbonyl (C=O) groups excluding carboxylic acids is 1. The summed E-state index contributed by atoms with van der Waals surface area (Å²) >= 11 is 1.49. The first kappa shape index (κ1) is 9.42. The van der Waals surface area contributed by atoms with Crippen LogP contribution in [0, 0.1) is 5.92 Å². The van der Waals surface area contributed by atoms with Crippen molar-refractivity contribution in [2.24, 2.45) is 11.7 Å². The minimum Gasteiger partial charge on any atom is -0.330 e. The van der Waals surface area contributed by atoms with E-state index in [9.17, 15) is 4.79 Å². The van der Waals surface area contributed by atoms with Crippen molar-refractivity contribution in [2.45, 2.75) is 13.3 Å². The summed E-state index contributed by atoms with van der Waals surface area (Å²) in [6, 6.07) is 3.76. The van der Waals surface area contributed by atoms with Gasteiger partial charge in [-0.2, -0.15) is 0 Å². The average molecular weight is 183 g/mol. The Kier molecular flexibility index (Phi) is 3.44. The third-order valence-corrected chi connectivity index (χ3v) is 2.70. The minimum absolute atomic E-state index is 0.0636. The number of thiophene rings is 1. The highest BCUT2D eigenvalue weighted by atomic mass is 32.1. The zero-order chi connectivity index (χ0) is 8.97. The number of nitrogens with two attached hydrogens (primary N) is 1. The molecule has 1 heterocycles. The van der Waals surface area contributed by atoms with Crippen LogP contribution in [-0.4, -0.2) is 12.3 Å². The van der Waals surface area contributed by atoms with E-state index in [4.69, 9.17) is 5.73 Å². The Morgan fingerprint density at radius 1 is 1.75 bits per heavy atom. The highest BCUT2D eigenvalue weighted by Gasteiger charge is 2.14. The Morgan fingerprint density at radius 2 is 2.50 bits per heavy atom. The third-order valence-electron chi connectivity index (χ3n) is 1.81. The molecule has 2 N–H and O–H groups in total. The number of hydrogen-bond donors (Lipinski definition) is 1. The number of Topliss-reactive ketones (excluding diaryl/α,β-unsaturated/α-hetero) is 1. The lowest BCUT2D eigenvalue weighted by atomic mass is 10.0. The highest BCUT2D eigenvalue weighted by molar-refractivity contribution is 7.12. The van der Waals surface area contributed by atoms with Crippen molar-refractivity contribution in [1.82, 2.24) is 0 Å². The van der Waals surface area contributed by atoms with Crippen molar-refractivity contribution < 1.29 is 4.79 Å². The van der Waals surface area contributed by atoms with Gasteiger partial charge in [0.15, 0.2) is 5.78 Å². The molecule has 0 fully saturated rings. The van der Waals surface area contributed by atoms with Gasteiger partial charge in [0.25, 0.3) is 0 Å². The van der Waals surface area contributed by atoms with Crippen molar-refractivity contribution in [2.75, 3.05) is 6.54 Å². The maximum Gasteiger partial charge on any atom is 0.175 e. The van der Waals surface area contributed by atoms with Crippen LogP contribution in [0.25, 0.3) is 0 Å². The fraction of sp³-hybridized carbons (Fsp3) is 0.444. The van der Waals surface area contributed by atoms with Crippen molar-refractivity contribution in [3.05, 3.63) is 22.4 Å². The molecular formula is C9H13NOS. The van der Waals surface area contributed by atoms with Gasteiger partial charge in [-0.25, -0.2) is 0 Å². The van der Waals surface area contributed by atoms with Crippen LogP contribution in [-0.2, 0) is 0 Å². The molecule has 1 aromatic rings. The van der Waals surface area contributed by atoms with E-state index in [2.05, 4.69) is 0 Å². The quantitative estimate of drug-likeness (QED) is 0.725. The monoisotopic (exact) mass is 183 g/mol. The zero-order valence-electron chi connectivity index (χ0n) is 7.12. The summed E-state index contributed by atoms with van der Waals surface area (Å²) in [6.45, 7) is 2.51. The molecule has 2 nitrogen and oxygen atoms in total. The molecule has 1 unspecified atom stereocenters. The normalized spacial score (nSPS) is 12.8. The largest absolute Gasteiger partial charge is 0.330 e. The van der Waals surface area contributed by atoms with Gasteiger partial charge in [-0.1, -0.05) is 13.0 Å².